The number of rotatable bonds is 2. The molecule has 0 bridgehead atoms. The van der Waals surface area contributed by atoms with E-state index in [-0.39, 0.29) is 6.10 Å². The molecule has 1 aliphatic carbocycles. The molecule has 1 aromatic rings. The molecule has 0 spiro atoms. The first kappa shape index (κ1) is 14.1. The Morgan fingerprint density at radius 2 is 2.10 bits per heavy atom. The van der Waals surface area contributed by atoms with Crippen LogP contribution in [-0.2, 0) is 11.2 Å². The molecule has 2 nitrogen and oxygen atoms in total. The Morgan fingerprint density at radius 3 is 2.90 bits per heavy atom. The van der Waals surface area contributed by atoms with Gasteiger partial charge in [-0.2, -0.15) is 0 Å². The highest BCUT2D eigenvalue weighted by molar-refractivity contribution is 5.31. The fraction of sp³-hybridized carbons (Fsp3) is 0.667. The molecule has 1 heterocycles. The Hall–Kier alpha value is -0.860. The van der Waals surface area contributed by atoms with Crippen molar-refractivity contribution in [2.24, 2.45) is 11.8 Å². The molecule has 1 aromatic carbocycles. The lowest BCUT2D eigenvalue weighted by Gasteiger charge is -2.43. The van der Waals surface area contributed by atoms with Gasteiger partial charge in [-0.05, 0) is 48.6 Å². The zero-order valence-electron chi connectivity index (χ0n) is 12.6. The van der Waals surface area contributed by atoms with E-state index in [2.05, 4.69) is 38.1 Å². The van der Waals surface area contributed by atoms with Crippen molar-refractivity contribution in [2.45, 2.75) is 57.7 Å². The molecule has 1 N–H and O–H groups in total. The molecule has 1 saturated carbocycles. The second-order valence-corrected chi connectivity index (χ2v) is 6.90. The van der Waals surface area contributed by atoms with Crippen molar-refractivity contribution >= 4 is 0 Å². The number of benzene rings is 1. The summed E-state index contributed by atoms with van der Waals surface area (Å²) in [4.78, 5) is 0. The second-order valence-electron chi connectivity index (χ2n) is 6.90. The molecule has 20 heavy (non-hydrogen) atoms. The van der Waals surface area contributed by atoms with Gasteiger partial charge in [-0.3, -0.25) is 0 Å². The lowest BCUT2D eigenvalue weighted by molar-refractivity contribution is -0.0995. The molecule has 4 atom stereocenters. The van der Waals surface area contributed by atoms with Gasteiger partial charge in [0.15, 0.2) is 0 Å². The maximum Gasteiger partial charge on any atom is 0.0855 e. The van der Waals surface area contributed by atoms with Crippen LogP contribution in [0, 0.1) is 11.8 Å². The topological polar surface area (TPSA) is 29.5 Å². The molecule has 0 radical (unpaired) electrons. The van der Waals surface area contributed by atoms with Crippen LogP contribution in [0.1, 0.15) is 56.8 Å². The highest BCUT2D eigenvalue weighted by Crippen LogP contribution is 2.43. The van der Waals surface area contributed by atoms with Crippen molar-refractivity contribution in [1.82, 2.24) is 0 Å². The normalized spacial score (nSPS) is 37.5. The van der Waals surface area contributed by atoms with Gasteiger partial charge in [0.25, 0.3) is 0 Å². The Labute approximate surface area is 122 Å². The number of aliphatic hydroxyl groups is 1. The molecule has 1 aliphatic heterocycles. The summed E-state index contributed by atoms with van der Waals surface area (Å²) in [5, 5.41) is 11.1. The predicted molar refractivity (Wildman–Crippen MR) is 80.6 cm³/mol. The predicted octanol–water partition coefficient (Wildman–Crippen LogP) is 3.88. The summed E-state index contributed by atoms with van der Waals surface area (Å²) in [6.07, 6.45) is 4.99. The summed E-state index contributed by atoms with van der Waals surface area (Å²) < 4.78 is 5.99. The number of fused-ring (bicyclic) bond motifs is 1. The van der Waals surface area contributed by atoms with E-state index >= 15 is 0 Å². The lowest BCUT2D eigenvalue weighted by atomic mass is 9.69. The van der Waals surface area contributed by atoms with E-state index < -0.39 is 5.60 Å². The fourth-order valence-electron chi connectivity index (χ4n) is 3.95. The quantitative estimate of drug-likeness (QED) is 0.887. The number of hydrogen-bond donors (Lipinski definition) is 1. The van der Waals surface area contributed by atoms with Crippen LogP contribution >= 0.6 is 0 Å². The van der Waals surface area contributed by atoms with Crippen molar-refractivity contribution < 1.29 is 9.84 Å². The van der Waals surface area contributed by atoms with Gasteiger partial charge in [0.2, 0.25) is 0 Å². The van der Waals surface area contributed by atoms with Crippen molar-refractivity contribution in [3.63, 3.8) is 0 Å². The van der Waals surface area contributed by atoms with Crippen LogP contribution in [0.15, 0.2) is 24.3 Å². The molecule has 2 aliphatic rings. The van der Waals surface area contributed by atoms with Crippen LogP contribution in [0.4, 0.5) is 0 Å². The zero-order valence-corrected chi connectivity index (χ0v) is 12.6. The molecule has 0 saturated heterocycles. The molecule has 0 aromatic heterocycles. The van der Waals surface area contributed by atoms with Crippen LogP contribution in [0.2, 0.25) is 0 Å². The number of ether oxygens (including phenoxy) is 1. The van der Waals surface area contributed by atoms with Crippen molar-refractivity contribution in [1.29, 1.82) is 0 Å². The van der Waals surface area contributed by atoms with Gasteiger partial charge in [-0.1, -0.05) is 38.1 Å². The summed E-state index contributed by atoms with van der Waals surface area (Å²) in [5.41, 5.74) is 2.13. The van der Waals surface area contributed by atoms with Crippen LogP contribution < -0.4 is 0 Å². The summed E-state index contributed by atoms with van der Waals surface area (Å²) in [5.74, 6) is 1.11. The first-order valence-corrected chi connectivity index (χ1v) is 8.00. The molecule has 1 fully saturated rings. The average molecular weight is 274 g/mol. The molecule has 2 heteroatoms. The smallest absolute Gasteiger partial charge is 0.0855 e. The van der Waals surface area contributed by atoms with Crippen molar-refractivity contribution in [3.8, 4) is 0 Å². The first-order valence-electron chi connectivity index (χ1n) is 8.00. The number of hydrogen-bond acceptors (Lipinski definition) is 2. The maximum absolute atomic E-state index is 11.1. The SMILES string of the molecule is CC1CCC(O)(CC2OCCc3ccccc32)C(C)C1. The van der Waals surface area contributed by atoms with Gasteiger partial charge in [-0.15, -0.1) is 0 Å². The van der Waals surface area contributed by atoms with Crippen molar-refractivity contribution in [2.75, 3.05) is 6.61 Å². The minimum absolute atomic E-state index is 0.0702. The fourth-order valence-corrected chi connectivity index (χ4v) is 3.95. The lowest BCUT2D eigenvalue weighted by Crippen LogP contribution is -2.43. The van der Waals surface area contributed by atoms with Gasteiger partial charge in [0.1, 0.15) is 0 Å². The Bertz CT molecular complexity index is 470. The Kier molecular flexibility index (Phi) is 3.87. The Morgan fingerprint density at radius 1 is 1.30 bits per heavy atom. The standard InChI is InChI=1S/C18H26O2/c1-13-7-9-18(19,14(2)11-13)12-17-16-6-4-3-5-15(16)8-10-20-17/h3-6,13-14,17,19H,7-12H2,1-2H3. The van der Waals surface area contributed by atoms with Gasteiger partial charge in [0.05, 0.1) is 18.3 Å². The van der Waals surface area contributed by atoms with E-state index in [1.54, 1.807) is 0 Å². The van der Waals surface area contributed by atoms with Gasteiger partial charge in [-0.25, -0.2) is 0 Å². The van der Waals surface area contributed by atoms with E-state index in [1.807, 2.05) is 0 Å². The summed E-state index contributed by atoms with van der Waals surface area (Å²) in [6, 6.07) is 8.54. The molecule has 0 amide bonds. The third-order valence-electron chi connectivity index (χ3n) is 5.37. The van der Waals surface area contributed by atoms with Gasteiger partial charge >= 0.3 is 0 Å². The maximum atomic E-state index is 11.1. The minimum atomic E-state index is -0.554. The molecular formula is C18H26O2. The van der Waals surface area contributed by atoms with Crippen molar-refractivity contribution in [3.05, 3.63) is 35.4 Å². The molecule has 110 valence electrons. The largest absolute Gasteiger partial charge is 0.389 e. The summed E-state index contributed by atoms with van der Waals surface area (Å²) in [6.45, 7) is 5.27. The van der Waals surface area contributed by atoms with Gasteiger partial charge < -0.3 is 9.84 Å². The highest BCUT2D eigenvalue weighted by atomic mass is 16.5. The van der Waals surface area contributed by atoms with E-state index in [4.69, 9.17) is 4.74 Å². The average Bonchev–Trinajstić information content (AvgIpc) is 2.44. The minimum Gasteiger partial charge on any atom is -0.389 e. The van der Waals surface area contributed by atoms with Crippen LogP contribution in [-0.4, -0.2) is 17.3 Å². The Balaban J connectivity index is 1.78. The van der Waals surface area contributed by atoms with Crippen LogP contribution in [0.3, 0.4) is 0 Å². The third kappa shape index (κ3) is 2.64. The molecule has 3 rings (SSSR count). The molecular weight excluding hydrogens is 248 g/mol. The first-order chi connectivity index (χ1) is 9.58. The van der Waals surface area contributed by atoms with Crippen LogP contribution in [0.5, 0.6) is 0 Å². The summed E-state index contributed by atoms with van der Waals surface area (Å²) >= 11 is 0. The molecule has 4 unspecified atom stereocenters. The summed E-state index contributed by atoms with van der Waals surface area (Å²) in [7, 11) is 0. The van der Waals surface area contributed by atoms with Crippen LogP contribution in [0.25, 0.3) is 0 Å². The third-order valence-corrected chi connectivity index (χ3v) is 5.37. The zero-order chi connectivity index (χ0) is 14.2. The van der Waals surface area contributed by atoms with E-state index in [1.165, 1.54) is 11.1 Å². The second kappa shape index (κ2) is 5.50. The van der Waals surface area contributed by atoms with Gasteiger partial charge in [0, 0.05) is 6.42 Å². The van der Waals surface area contributed by atoms with E-state index in [0.29, 0.717) is 5.92 Å². The highest BCUT2D eigenvalue weighted by Gasteiger charge is 2.41. The van der Waals surface area contributed by atoms with E-state index in [9.17, 15) is 5.11 Å². The van der Waals surface area contributed by atoms with E-state index in [0.717, 1.165) is 44.6 Å². The monoisotopic (exact) mass is 274 g/mol.